The molecule has 1 heterocycles. The van der Waals surface area contributed by atoms with E-state index in [1.54, 1.807) is 13.2 Å². The van der Waals surface area contributed by atoms with Crippen molar-refractivity contribution in [3.8, 4) is 0 Å². The van der Waals surface area contributed by atoms with Crippen LogP contribution in [0.3, 0.4) is 0 Å². The molecule has 1 saturated carbocycles. The van der Waals surface area contributed by atoms with Gasteiger partial charge in [0, 0.05) is 37.6 Å². The summed E-state index contributed by atoms with van der Waals surface area (Å²) in [5.74, 6) is 0.545. The molecule has 2 aliphatic rings. The van der Waals surface area contributed by atoms with Gasteiger partial charge in [-0.2, -0.15) is 0 Å². The maximum Gasteiger partial charge on any atom is 0.248 e. The number of carbonyl (C=O) groups excluding carboxylic acids is 1. The summed E-state index contributed by atoms with van der Waals surface area (Å²) in [6.07, 6.45) is 3.59. The number of benzene rings is 1. The predicted molar refractivity (Wildman–Crippen MR) is 77.3 cm³/mol. The van der Waals surface area contributed by atoms with Crippen molar-refractivity contribution in [3.05, 3.63) is 35.4 Å². The highest BCUT2D eigenvalue weighted by atomic mass is 16.5. The van der Waals surface area contributed by atoms with Crippen LogP contribution >= 0.6 is 0 Å². The number of carbonyl (C=O) groups is 1. The maximum absolute atomic E-state index is 11.4. The summed E-state index contributed by atoms with van der Waals surface area (Å²) in [6.45, 7) is 1.95. The van der Waals surface area contributed by atoms with E-state index in [1.165, 1.54) is 6.42 Å². The van der Waals surface area contributed by atoms with Gasteiger partial charge in [-0.25, -0.2) is 0 Å². The molecule has 1 saturated heterocycles. The zero-order chi connectivity index (χ0) is 14.2. The SMILES string of the molecule is COC1(c2cccc(C(N)=O)c2)[C@@H]2CCC[C@H]1CNC2. The fourth-order valence-corrected chi connectivity index (χ4v) is 4.15. The standard InChI is InChI=1S/C16H22N2O2/c1-20-16(12-5-2-4-11(8-12)15(17)19)13-6-3-7-14(16)10-18-9-13/h2,4-5,8,13-14,18H,3,6-7,9-10H2,1H3,(H2,17,19)/t13-,14+,16?. The van der Waals surface area contributed by atoms with Crippen LogP contribution in [0.2, 0.25) is 0 Å². The van der Waals surface area contributed by atoms with E-state index in [0.29, 0.717) is 17.4 Å². The largest absolute Gasteiger partial charge is 0.373 e. The van der Waals surface area contributed by atoms with Gasteiger partial charge in [-0.15, -0.1) is 0 Å². The summed E-state index contributed by atoms with van der Waals surface area (Å²) >= 11 is 0. The van der Waals surface area contributed by atoms with E-state index in [4.69, 9.17) is 10.5 Å². The number of fused-ring (bicyclic) bond motifs is 2. The Labute approximate surface area is 119 Å². The van der Waals surface area contributed by atoms with E-state index in [1.807, 2.05) is 12.1 Å². The van der Waals surface area contributed by atoms with Crippen LogP contribution in [0.25, 0.3) is 0 Å². The molecular weight excluding hydrogens is 252 g/mol. The number of amides is 1. The Kier molecular flexibility index (Phi) is 3.52. The highest BCUT2D eigenvalue weighted by molar-refractivity contribution is 5.92. The summed E-state index contributed by atoms with van der Waals surface area (Å²) in [5, 5.41) is 3.51. The van der Waals surface area contributed by atoms with Crippen LogP contribution in [-0.2, 0) is 10.3 Å². The summed E-state index contributed by atoms with van der Waals surface area (Å²) in [5.41, 5.74) is 6.82. The van der Waals surface area contributed by atoms with Gasteiger partial charge in [0.15, 0.2) is 0 Å². The van der Waals surface area contributed by atoms with E-state index in [2.05, 4.69) is 11.4 Å². The zero-order valence-corrected chi connectivity index (χ0v) is 11.9. The average Bonchev–Trinajstić information content (AvgIpc) is 2.46. The van der Waals surface area contributed by atoms with Crippen LogP contribution in [0.5, 0.6) is 0 Å². The molecule has 0 aromatic heterocycles. The van der Waals surface area contributed by atoms with Gasteiger partial charge in [0.25, 0.3) is 0 Å². The molecular formula is C16H22N2O2. The molecule has 1 aromatic carbocycles. The van der Waals surface area contributed by atoms with Gasteiger partial charge in [-0.3, -0.25) is 4.79 Å². The molecule has 1 unspecified atom stereocenters. The lowest BCUT2D eigenvalue weighted by atomic mass is 9.63. The van der Waals surface area contributed by atoms with Gasteiger partial charge in [-0.05, 0) is 30.5 Å². The van der Waals surface area contributed by atoms with Crippen molar-refractivity contribution in [2.24, 2.45) is 17.6 Å². The van der Waals surface area contributed by atoms with Crippen LogP contribution in [0.1, 0.15) is 35.2 Å². The number of methoxy groups -OCH3 is 1. The van der Waals surface area contributed by atoms with Crippen molar-refractivity contribution in [3.63, 3.8) is 0 Å². The van der Waals surface area contributed by atoms with Crippen molar-refractivity contribution >= 4 is 5.91 Å². The fraction of sp³-hybridized carbons (Fsp3) is 0.562. The van der Waals surface area contributed by atoms with Crippen molar-refractivity contribution in [2.45, 2.75) is 24.9 Å². The molecule has 1 aliphatic heterocycles. The first-order valence-corrected chi connectivity index (χ1v) is 7.34. The fourth-order valence-electron chi connectivity index (χ4n) is 4.15. The molecule has 2 fully saturated rings. The highest BCUT2D eigenvalue weighted by Gasteiger charge is 2.51. The Bertz CT molecular complexity index is 493. The quantitative estimate of drug-likeness (QED) is 0.881. The smallest absolute Gasteiger partial charge is 0.248 e. The third-order valence-electron chi connectivity index (χ3n) is 5.04. The highest BCUT2D eigenvalue weighted by Crippen LogP contribution is 2.49. The number of primary amides is 1. The average molecular weight is 274 g/mol. The summed E-state index contributed by atoms with van der Waals surface area (Å²) in [6, 6.07) is 7.68. The molecule has 1 aliphatic carbocycles. The molecule has 4 nitrogen and oxygen atoms in total. The molecule has 1 amide bonds. The molecule has 3 rings (SSSR count). The Morgan fingerprint density at radius 3 is 2.65 bits per heavy atom. The maximum atomic E-state index is 11.4. The zero-order valence-electron chi connectivity index (χ0n) is 11.9. The van der Waals surface area contributed by atoms with Gasteiger partial charge in [0.05, 0.1) is 0 Å². The molecule has 20 heavy (non-hydrogen) atoms. The van der Waals surface area contributed by atoms with E-state index in [9.17, 15) is 4.79 Å². The topological polar surface area (TPSA) is 64.3 Å². The van der Waals surface area contributed by atoms with Gasteiger partial charge in [0.1, 0.15) is 5.60 Å². The molecule has 0 spiro atoms. The summed E-state index contributed by atoms with van der Waals surface area (Å²) in [4.78, 5) is 11.4. The molecule has 108 valence electrons. The Morgan fingerprint density at radius 1 is 1.35 bits per heavy atom. The molecule has 3 N–H and O–H groups in total. The third kappa shape index (κ3) is 1.95. The number of nitrogens with one attached hydrogen (secondary N) is 1. The van der Waals surface area contributed by atoms with Crippen LogP contribution in [-0.4, -0.2) is 26.1 Å². The van der Waals surface area contributed by atoms with Gasteiger partial charge >= 0.3 is 0 Å². The number of ether oxygens (including phenoxy) is 1. The minimum atomic E-state index is -0.378. The normalized spacial score (nSPS) is 32.9. The number of hydrogen-bond acceptors (Lipinski definition) is 3. The first kappa shape index (κ1) is 13.6. The Balaban J connectivity index is 2.08. The predicted octanol–water partition coefficient (Wildman–Crippen LogP) is 1.65. The second kappa shape index (κ2) is 5.19. The minimum Gasteiger partial charge on any atom is -0.373 e. The molecule has 3 atom stereocenters. The van der Waals surface area contributed by atoms with E-state index in [-0.39, 0.29) is 11.5 Å². The van der Waals surface area contributed by atoms with E-state index in [0.717, 1.165) is 31.5 Å². The second-order valence-corrected chi connectivity index (χ2v) is 5.93. The van der Waals surface area contributed by atoms with Crippen LogP contribution in [0.4, 0.5) is 0 Å². The van der Waals surface area contributed by atoms with Crippen LogP contribution in [0.15, 0.2) is 24.3 Å². The number of rotatable bonds is 3. The van der Waals surface area contributed by atoms with Crippen molar-refractivity contribution in [1.82, 2.24) is 5.32 Å². The molecule has 0 radical (unpaired) electrons. The monoisotopic (exact) mass is 274 g/mol. The first-order valence-electron chi connectivity index (χ1n) is 7.34. The summed E-state index contributed by atoms with van der Waals surface area (Å²) < 4.78 is 6.07. The van der Waals surface area contributed by atoms with Gasteiger partial charge in [-0.1, -0.05) is 18.6 Å². The lowest BCUT2D eigenvalue weighted by molar-refractivity contribution is -0.144. The Morgan fingerprint density at radius 2 is 2.05 bits per heavy atom. The first-order chi connectivity index (χ1) is 9.68. The van der Waals surface area contributed by atoms with E-state index < -0.39 is 0 Å². The molecule has 1 aromatic rings. The number of piperidine rings is 1. The number of hydrogen-bond donors (Lipinski definition) is 2. The van der Waals surface area contributed by atoms with Gasteiger partial charge in [0.2, 0.25) is 5.91 Å². The van der Waals surface area contributed by atoms with Crippen LogP contribution < -0.4 is 11.1 Å². The van der Waals surface area contributed by atoms with Gasteiger partial charge < -0.3 is 15.8 Å². The molecule has 4 heteroatoms. The van der Waals surface area contributed by atoms with Crippen molar-refractivity contribution in [2.75, 3.05) is 20.2 Å². The minimum absolute atomic E-state index is 0.269. The number of nitrogens with two attached hydrogens (primary N) is 1. The molecule has 2 bridgehead atoms. The van der Waals surface area contributed by atoms with Crippen molar-refractivity contribution in [1.29, 1.82) is 0 Å². The Hall–Kier alpha value is -1.39. The second-order valence-electron chi connectivity index (χ2n) is 5.93. The van der Waals surface area contributed by atoms with E-state index >= 15 is 0 Å². The van der Waals surface area contributed by atoms with Crippen molar-refractivity contribution < 1.29 is 9.53 Å². The van der Waals surface area contributed by atoms with Crippen LogP contribution in [0, 0.1) is 11.8 Å². The lowest BCUT2D eigenvalue weighted by Gasteiger charge is -2.52. The lowest BCUT2D eigenvalue weighted by Crippen LogP contribution is -2.57. The third-order valence-corrected chi connectivity index (χ3v) is 5.04. The summed E-state index contributed by atoms with van der Waals surface area (Å²) in [7, 11) is 1.80.